The lowest BCUT2D eigenvalue weighted by molar-refractivity contribution is 0.260. The Bertz CT molecular complexity index is 370. The summed E-state index contributed by atoms with van der Waals surface area (Å²) < 4.78 is 6.40. The molecule has 0 fully saturated rings. The van der Waals surface area contributed by atoms with Gasteiger partial charge in [-0.15, -0.1) is 0 Å². The standard InChI is InChI=1S/C10H12BrClN2O/c1-2-8(10(13)14)15-9-5-6(11)3-4-7(9)12/h3-5,8H,2H2,1H3,(H3,13,14). The van der Waals surface area contributed by atoms with E-state index in [-0.39, 0.29) is 5.84 Å². The van der Waals surface area contributed by atoms with Gasteiger partial charge < -0.3 is 10.5 Å². The Hall–Kier alpha value is -0.740. The summed E-state index contributed by atoms with van der Waals surface area (Å²) in [7, 11) is 0. The van der Waals surface area contributed by atoms with E-state index in [2.05, 4.69) is 15.9 Å². The summed E-state index contributed by atoms with van der Waals surface area (Å²) in [5.41, 5.74) is 5.39. The molecule has 5 heteroatoms. The molecule has 3 N–H and O–H groups in total. The second kappa shape index (κ2) is 5.37. The number of nitrogens with two attached hydrogens (primary N) is 1. The molecule has 0 aliphatic carbocycles. The van der Waals surface area contributed by atoms with Gasteiger partial charge in [0.05, 0.1) is 5.02 Å². The predicted molar refractivity (Wildman–Crippen MR) is 65.8 cm³/mol. The molecule has 1 rings (SSSR count). The minimum Gasteiger partial charge on any atom is -0.481 e. The molecular formula is C10H12BrClN2O. The fraction of sp³-hybridized carbons (Fsp3) is 0.300. The molecule has 0 aromatic heterocycles. The molecule has 0 spiro atoms. The number of benzene rings is 1. The van der Waals surface area contributed by atoms with Crippen molar-refractivity contribution < 1.29 is 4.74 Å². The molecule has 0 aliphatic rings. The molecule has 0 saturated carbocycles. The summed E-state index contributed by atoms with van der Waals surface area (Å²) in [5.74, 6) is 0.543. The van der Waals surface area contributed by atoms with E-state index in [4.69, 9.17) is 27.5 Å². The molecule has 0 amide bonds. The van der Waals surface area contributed by atoms with Crippen molar-refractivity contribution >= 4 is 33.4 Å². The van der Waals surface area contributed by atoms with Crippen LogP contribution in [-0.4, -0.2) is 11.9 Å². The minimum absolute atomic E-state index is 0.00791. The third-order valence-corrected chi connectivity index (χ3v) is 2.69. The second-order valence-corrected chi connectivity index (χ2v) is 4.37. The summed E-state index contributed by atoms with van der Waals surface area (Å²) >= 11 is 9.27. The lowest BCUT2D eigenvalue weighted by atomic mass is 10.2. The van der Waals surface area contributed by atoms with E-state index >= 15 is 0 Å². The maximum Gasteiger partial charge on any atom is 0.155 e. The molecular weight excluding hydrogens is 279 g/mol. The van der Waals surface area contributed by atoms with Gasteiger partial charge in [0.15, 0.2) is 6.10 Å². The zero-order valence-corrected chi connectivity index (χ0v) is 10.6. The van der Waals surface area contributed by atoms with Crippen LogP contribution in [0.4, 0.5) is 0 Å². The zero-order valence-electron chi connectivity index (χ0n) is 8.26. The molecule has 1 unspecified atom stereocenters. The highest BCUT2D eigenvalue weighted by Gasteiger charge is 2.13. The van der Waals surface area contributed by atoms with Crippen LogP contribution in [0, 0.1) is 5.41 Å². The molecule has 0 heterocycles. The number of halogens is 2. The SMILES string of the molecule is CCC(Oc1cc(Br)ccc1Cl)C(=N)N. The smallest absolute Gasteiger partial charge is 0.155 e. The van der Waals surface area contributed by atoms with Gasteiger partial charge in [-0.3, -0.25) is 5.41 Å². The monoisotopic (exact) mass is 290 g/mol. The molecule has 82 valence electrons. The van der Waals surface area contributed by atoms with E-state index in [0.29, 0.717) is 17.2 Å². The molecule has 15 heavy (non-hydrogen) atoms. The third kappa shape index (κ3) is 3.39. The Balaban J connectivity index is 2.87. The highest BCUT2D eigenvalue weighted by Crippen LogP contribution is 2.29. The summed E-state index contributed by atoms with van der Waals surface area (Å²) in [6.07, 6.45) is 0.217. The minimum atomic E-state index is -0.420. The highest BCUT2D eigenvalue weighted by molar-refractivity contribution is 9.10. The molecule has 0 aliphatic heterocycles. The van der Waals surface area contributed by atoms with Crippen LogP contribution in [0.1, 0.15) is 13.3 Å². The molecule has 1 aromatic rings. The molecule has 1 aromatic carbocycles. The molecule has 3 nitrogen and oxygen atoms in total. The van der Waals surface area contributed by atoms with Gasteiger partial charge in [-0.05, 0) is 24.6 Å². The van der Waals surface area contributed by atoms with Crippen LogP contribution in [0.25, 0.3) is 0 Å². The van der Waals surface area contributed by atoms with E-state index in [1.54, 1.807) is 12.1 Å². The fourth-order valence-electron chi connectivity index (χ4n) is 1.09. The Morgan fingerprint density at radius 2 is 2.33 bits per heavy atom. The lowest BCUT2D eigenvalue weighted by Gasteiger charge is -2.16. The molecule has 1 atom stereocenters. The van der Waals surface area contributed by atoms with Crippen molar-refractivity contribution in [3.63, 3.8) is 0 Å². The Kier molecular flexibility index (Phi) is 4.42. The van der Waals surface area contributed by atoms with E-state index in [1.165, 1.54) is 0 Å². The Morgan fingerprint density at radius 1 is 1.67 bits per heavy atom. The number of rotatable bonds is 4. The Morgan fingerprint density at radius 3 is 2.87 bits per heavy atom. The van der Waals surface area contributed by atoms with Gasteiger partial charge in [0.2, 0.25) is 0 Å². The van der Waals surface area contributed by atoms with Gasteiger partial charge in [0, 0.05) is 4.47 Å². The van der Waals surface area contributed by atoms with E-state index in [9.17, 15) is 0 Å². The van der Waals surface area contributed by atoms with Gasteiger partial charge in [-0.1, -0.05) is 34.5 Å². The maximum absolute atomic E-state index is 7.32. The number of hydrogen-bond acceptors (Lipinski definition) is 2. The summed E-state index contributed by atoms with van der Waals surface area (Å²) in [6.45, 7) is 1.90. The first-order chi connectivity index (χ1) is 7.04. The van der Waals surface area contributed by atoms with Gasteiger partial charge in [0.25, 0.3) is 0 Å². The summed E-state index contributed by atoms with van der Waals surface area (Å²) in [5, 5.41) is 7.83. The van der Waals surface area contributed by atoms with Crippen LogP contribution in [-0.2, 0) is 0 Å². The topological polar surface area (TPSA) is 59.1 Å². The first-order valence-corrected chi connectivity index (χ1v) is 5.67. The fourth-order valence-corrected chi connectivity index (χ4v) is 1.59. The van der Waals surface area contributed by atoms with E-state index in [0.717, 1.165) is 4.47 Å². The van der Waals surface area contributed by atoms with Crippen molar-refractivity contribution in [3.05, 3.63) is 27.7 Å². The average Bonchev–Trinajstić information content (AvgIpc) is 2.18. The van der Waals surface area contributed by atoms with Crippen molar-refractivity contribution in [1.29, 1.82) is 5.41 Å². The third-order valence-electron chi connectivity index (χ3n) is 1.88. The van der Waals surface area contributed by atoms with Crippen LogP contribution >= 0.6 is 27.5 Å². The van der Waals surface area contributed by atoms with Crippen LogP contribution in [0.3, 0.4) is 0 Å². The predicted octanol–water partition coefficient (Wildman–Crippen LogP) is 3.20. The van der Waals surface area contributed by atoms with Gasteiger partial charge in [0.1, 0.15) is 11.6 Å². The van der Waals surface area contributed by atoms with Crippen molar-refractivity contribution in [2.75, 3.05) is 0 Å². The number of hydrogen-bond donors (Lipinski definition) is 2. The summed E-state index contributed by atoms with van der Waals surface area (Å²) in [6, 6.07) is 5.31. The molecule has 0 radical (unpaired) electrons. The number of amidine groups is 1. The quantitative estimate of drug-likeness (QED) is 0.661. The van der Waals surface area contributed by atoms with Gasteiger partial charge >= 0.3 is 0 Å². The zero-order chi connectivity index (χ0) is 11.4. The van der Waals surface area contributed by atoms with Crippen molar-refractivity contribution in [1.82, 2.24) is 0 Å². The Labute approximate surface area is 102 Å². The number of nitrogens with one attached hydrogen (secondary N) is 1. The van der Waals surface area contributed by atoms with Crippen molar-refractivity contribution in [2.45, 2.75) is 19.4 Å². The lowest BCUT2D eigenvalue weighted by Crippen LogP contribution is -2.32. The molecule has 0 saturated heterocycles. The second-order valence-electron chi connectivity index (χ2n) is 3.04. The van der Waals surface area contributed by atoms with Crippen molar-refractivity contribution in [3.8, 4) is 5.75 Å². The highest BCUT2D eigenvalue weighted by atomic mass is 79.9. The first-order valence-electron chi connectivity index (χ1n) is 4.50. The van der Waals surface area contributed by atoms with Crippen LogP contribution in [0.15, 0.2) is 22.7 Å². The first kappa shape index (κ1) is 12.3. The average molecular weight is 292 g/mol. The summed E-state index contributed by atoms with van der Waals surface area (Å²) in [4.78, 5) is 0. The maximum atomic E-state index is 7.32. The number of ether oxygens (including phenoxy) is 1. The van der Waals surface area contributed by atoms with Gasteiger partial charge in [-0.2, -0.15) is 0 Å². The molecule has 0 bridgehead atoms. The van der Waals surface area contributed by atoms with Crippen LogP contribution in [0.5, 0.6) is 5.75 Å². The largest absolute Gasteiger partial charge is 0.481 e. The van der Waals surface area contributed by atoms with Crippen molar-refractivity contribution in [2.24, 2.45) is 5.73 Å². The van der Waals surface area contributed by atoms with Crippen LogP contribution < -0.4 is 10.5 Å². The van der Waals surface area contributed by atoms with Crippen LogP contribution in [0.2, 0.25) is 5.02 Å². The van der Waals surface area contributed by atoms with E-state index < -0.39 is 6.10 Å². The van der Waals surface area contributed by atoms with Gasteiger partial charge in [-0.25, -0.2) is 0 Å². The van der Waals surface area contributed by atoms with E-state index in [1.807, 2.05) is 13.0 Å². The normalized spacial score (nSPS) is 12.2.